The molecular weight excluding hydrogens is 136 g/mol. The number of aliphatic hydroxyl groups excluding tert-OH is 1. The molecule has 0 aliphatic rings. The van der Waals surface area contributed by atoms with E-state index in [1.54, 1.807) is 6.08 Å². The molecule has 1 nitrogen and oxygen atoms in total. The van der Waals surface area contributed by atoms with Crippen LogP contribution in [-0.4, -0.2) is 5.11 Å². The summed E-state index contributed by atoms with van der Waals surface area (Å²) in [5.41, 5.74) is 0.910. The van der Waals surface area contributed by atoms with Gasteiger partial charge in [-0.2, -0.15) is 0 Å². The van der Waals surface area contributed by atoms with Gasteiger partial charge in [0.15, 0.2) is 0 Å². The largest absolute Gasteiger partial charge is 0.508 e. The third-order valence-electron chi connectivity index (χ3n) is 1.02. The van der Waals surface area contributed by atoms with Crippen LogP contribution in [0.3, 0.4) is 0 Å². The van der Waals surface area contributed by atoms with Crippen molar-refractivity contribution in [2.45, 2.75) is 27.2 Å². The minimum absolute atomic E-state index is 0.182. The molecule has 0 fully saturated rings. The zero-order chi connectivity index (χ0) is 9.28. The first-order valence-electron chi connectivity index (χ1n) is 3.91. The van der Waals surface area contributed by atoms with E-state index < -0.39 is 0 Å². The summed E-state index contributed by atoms with van der Waals surface area (Å²) in [7, 11) is 0. The van der Waals surface area contributed by atoms with Gasteiger partial charge in [-0.15, -0.1) is 0 Å². The fraction of sp³-hybridized carbons (Fsp3) is 0.400. The average molecular weight is 154 g/mol. The van der Waals surface area contributed by atoms with Gasteiger partial charge in [-0.25, -0.2) is 0 Å². The van der Waals surface area contributed by atoms with Crippen molar-refractivity contribution in [3.63, 3.8) is 0 Å². The van der Waals surface area contributed by atoms with Gasteiger partial charge in [-0.1, -0.05) is 39.5 Å². The molecule has 0 radical (unpaired) electrons. The van der Waals surface area contributed by atoms with Crippen molar-refractivity contribution < 1.29 is 5.11 Å². The molecule has 0 aromatic rings. The number of hydrogen-bond acceptors (Lipinski definition) is 1. The molecule has 0 aromatic carbocycles. The van der Waals surface area contributed by atoms with Crippen LogP contribution in [0.1, 0.15) is 27.2 Å². The van der Waals surface area contributed by atoms with Crippen LogP contribution in [0.15, 0.2) is 36.6 Å². The molecule has 0 rings (SSSR count). The van der Waals surface area contributed by atoms with Gasteiger partial charge in [0.25, 0.3) is 0 Å². The van der Waals surface area contributed by atoms with Gasteiger partial charge < -0.3 is 5.11 Å². The second-order valence-electron chi connectivity index (χ2n) is 1.79. The van der Waals surface area contributed by atoms with Crippen molar-refractivity contribution in [2.24, 2.45) is 0 Å². The maximum absolute atomic E-state index is 8.84. The Morgan fingerprint density at radius 3 is 2.18 bits per heavy atom. The number of allylic oxidation sites excluding steroid dienone is 3. The summed E-state index contributed by atoms with van der Waals surface area (Å²) in [4.78, 5) is 0. The van der Waals surface area contributed by atoms with Crippen molar-refractivity contribution in [3.05, 3.63) is 36.6 Å². The highest BCUT2D eigenvalue weighted by atomic mass is 16.3. The first-order chi connectivity index (χ1) is 5.20. The molecule has 0 heterocycles. The summed E-state index contributed by atoms with van der Waals surface area (Å²) < 4.78 is 0. The van der Waals surface area contributed by atoms with Gasteiger partial charge in [0, 0.05) is 0 Å². The number of hydrogen-bond donors (Lipinski definition) is 1. The van der Waals surface area contributed by atoms with Crippen LogP contribution in [0, 0.1) is 0 Å². The quantitative estimate of drug-likeness (QED) is 0.486. The van der Waals surface area contributed by atoms with E-state index in [0.717, 1.165) is 12.0 Å². The molecule has 64 valence electrons. The van der Waals surface area contributed by atoms with Gasteiger partial charge >= 0.3 is 0 Å². The lowest BCUT2D eigenvalue weighted by atomic mass is 10.2. The Hall–Kier alpha value is -0.980. The van der Waals surface area contributed by atoms with Gasteiger partial charge in [0.2, 0.25) is 0 Å². The fourth-order valence-corrected chi connectivity index (χ4v) is 0.370. The highest BCUT2D eigenvalue weighted by Crippen LogP contribution is 2.01. The van der Waals surface area contributed by atoms with E-state index in [1.165, 1.54) is 6.08 Å². The Balaban J connectivity index is 0. The molecule has 1 heteroatoms. The van der Waals surface area contributed by atoms with E-state index in [2.05, 4.69) is 13.2 Å². The molecule has 0 saturated carbocycles. The molecule has 0 aromatic heterocycles. The van der Waals surface area contributed by atoms with Crippen LogP contribution in [0.2, 0.25) is 0 Å². The zero-order valence-corrected chi connectivity index (χ0v) is 7.72. The van der Waals surface area contributed by atoms with E-state index in [1.807, 2.05) is 20.8 Å². The van der Waals surface area contributed by atoms with Gasteiger partial charge in [-0.3, -0.25) is 0 Å². The second kappa shape index (κ2) is 9.02. The van der Waals surface area contributed by atoms with Gasteiger partial charge in [-0.05, 0) is 18.6 Å². The van der Waals surface area contributed by atoms with E-state index in [9.17, 15) is 0 Å². The lowest BCUT2D eigenvalue weighted by Crippen LogP contribution is -1.75. The Kier molecular flexibility index (Phi) is 10.4. The van der Waals surface area contributed by atoms with Crippen molar-refractivity contribution in [1.82, 2.24) is 0 Å². The average Bonchev–Trinajstić information content (AvgIpc) is 2.07. The second-order valence-corrected chi connectivity index (χ2v) is 1.79. The Bertz CT molecular complexity index is 143. The summed E-state index contributed by atoms with van der Waals surface area (Å²) in [6, 6.07) is 0. The SMILES string of the molecule is C=C/C(O)=C\C(=C)CC.CC. The minimum Gasteiger partial charge on any atom is -0.508 e. The monoisotopic (exact) mass is 154 g/mol. The molecule has 11 heavy (non-hydrogen) atoms. The Morgan fingerprint density at radius 2 is 1.91 bits per heavy atom. The third-order valence-corrected chi connectivity index (χ3v) is 1.02. The van der Waals surface area contributed by atoms with Crippen molar-refractivity contribution in [3.8, 4) is 0 Å². The lowest BCUT2D eigenvalue weighted by Gasteiger charge is -1.91. The standard InChI is InChI=1S/C8H12O.C2H6/c1-4-7(3)6-8(9)5-2;1-2/h5-6,9H,2-4H2,1H3;1-2H3/b8-6+;. The van der Waals surface area contributed by atoms with Crippen LogP contribution in [-0.2, 0) is 0 Å². The third kappa shape index (κ3) is 9.02. The van der Waals surface area contributed by atoms with Crippen molar-refractivity contribution >= 4 is 0 Å². The van der Waals surface area contributed by atoms with E-state index in [4.69, 9.17) is 5.11 Å². The lowest BCUT2D eigenvalue weighted by molar-refractivity contribution is 0.432. The smallest absolute Gasteiger partial charge is 0.115 e. The topological polar surface area (TPSA) is 20.2 Å². The molecule has 0 unspecified atom stereocenters. The predicted molar refractivity (Wildman–Crippen MR) is 51.7 cm³/mol. The predicted octanol–water partition coefficient (Wildman–Crippen LogP) is 3.61. The number of rotatable bonds is 3. The van der Waals surface area contributed by atoms with Gasteiger partial charge in [0.1, 0.15) is 5.76 Å². The normalized spacial score (nSPS) is 9.55. The summed E-state index contributed by atoms with van der Waals surface area (Å²) in [6.45, 7) is 13.0. The molecule has 0 spiro atoms. The highest BCUT2D eigenvalue weighted by molar-refractivity contribution is 5.21. The maximum Gasteiger partial charge on any atom is 0.115 e. The van der Waals surface area contributed by atoms with Crippen LogP contribution in [0.4, 0.5) is 0 Å². The Labute approximate surface area is 69.8 Å². The molecule has 0 aliphatic carbocycles. The van der Waals surface area contributed by atoms with Crippen molar-refractivity contribution in [1.29, 1.82) is 0 Å². The molecule has 0 atom stereocenters. The fourth-order valence-electron chi connectivity index (χ4n) is 0.370. The zero-order valence-electron chi connectivity index (χ0n) is 7.72. The number of aliphatic hydroxyl groups is 1. The van der Waals surface area contributed by atoms with Crippen LogP contribution >= 0.6 is 0 Å². The van der Waals surface area contributed by atoms with E-state index in [-0.39, 0.29) is 5.76 Å². The first kappa shape index (κ1) is 12.7. The van der Waals surface area contributed by atoms with Crippen LogP contribution < -0.4 is 0 Å². The summed E-state index contributed by atoms with van der Waals surface area (Å²) in [5.74, 6) is 0.182. The maximum atomic E-state index is 8.84. The van der Waals surface area contributed by atoms with Crippen molar-refractivity contribution in [2.75, 3.05) is 0 Å². The first-order valence-corrected chi connectivity index (χ1v) is 3.91. The summed E-state index contributed by atoms with van der Waals surface area (Å²) in [5, 5.41) is 8.84. The van der Waals surface area contributed by atoms with Crippen LogP contribution in [0.25, 0.3) is 0 Å². The molecule has 0 bridgehead atoms. The van der Waals surface area contributed by atoms with E-state index >= 15 is 0 Å². The molecule has 0 aliphatic heterocycles. The molecular formula is C10H18O. The Morgan fingerprint density at radius 1 is 1.45 bits per heavy atom. The van der Waals surface area contributed by atoms with E-state index in [0.29, 0.717) is 0 Å². The van der Waals surface area contributed by atoms with Gasteiger partial charge in [0.05, 0.1) is 0 Å². The highest BCUT2D eigenvalue weighted by Gasteiger charge is 1.85. The minimum atomic E-state index is 0.182. The summed E-state index contributed by atoms with van der Waals surface area (Å²) >= 11 is 0. The molecule has 0 amide bonds. The van der Waals surface area contributed by atoms with Crippen LogP contribution in [0.5, 0.6) is 0 Å². The molecule has 1 N–H and O–H groups in total. The molecule has 0 saturated heterocycles. The summed E-state index contributed by atoms with van der Waals surface area (Å²) in [6.07, 6.45) is 3.85.